The molecule has 1 aromatic carbocycles. The third-order valence-corrected chi connectivity index (χ3v) is 4.60. The predicted molar refractivity (Wildman–Crippen MR) is 101 cm³/mol. The molecule has 1 amide bonds. The Bertz CT molecular complexity index is 843. The second-order valence-electron chi connectivity index (χ2n) is 6.63. The number of hydrogen-bond donors (Lipinski definition) is 2. The number of rotatable bonds is 5. The number of amides is 1. The highest BCUT2D eigenvalue weighted by molar-refractivity contribution is 6.18. The van der Waals surface area contributed by atoms with Crippen LogP contribution in [0.15, 0.2) is 64.8 Å². The molecular formula is C20H20F3N3O2. The molecule has 1 saturated heterocycles. The van der Waals surface area contributed by atoms with Crippen molar-refractivity contribution in [1.82, 2.24) is 5.32 Å². The second-order valence-corrected chi connectivity index (χ2v) is 6.63. The molecule has 3 rings (SSSR count). The maximum absolute atomic E-state index is 12.8. The normalized spacial score (nSPS) is 24.4. The van der Waals surface area contributed by atoms with Gasteiger partial charge in [0.15, 0.2) is 0 Å². The van der Waals surface area contributed by atoms with Gasteiger partial charge in [0.1, 0.15) is 5.70 Å². The lowest BCUT2D eigenvalue weighted by Gasteiger charge is -2.41. The summed E-state index contributed by atoms with van der Waals surface area (Å²) in [5.74, 6) is -0.541. The number of anilines is 1. The van der Waals surface area contributed by atoms with Gasteiger partial charge in [0, 0.05) is 38.5 Å². The van der Waals surface area contributed by atoms with E-state index in [1.54, 1.807) is 19.2 Å². The summed E-state index contributed by atoms with van der Waals surface area (Å²) in [4.78, 5) is 15.8. The maximum Gasteiger partial charge on any atom is 0.433 e. The molecule has 0 aliphatic carbocycles. The SMILES string of the molecule is COC1(Cc2ccc(NC(=O)C3=C/C=C/C=C(C(F)(F)F)/N=C\3)cc2)CNC1. The van der Waals surface area contributed by atoms with Crippen LogP contribution in [0.2, 0.25) is 0 Å². The molecule has 2 heterocycles. The summed E-state index contributed by atoms with van der Waals surface area (Å²) in [6.45, 7) is 1.58. The topological polar surface area (TPSA) is 62.7 Å². The molecule has 0 unspecified atom stereocenters. The summed E-state index contributed by atoms with van der Waals surface area (Å²) in [6, 6.07) is 7.28. The van der Waals surface area contributed by atoms with Gasteiger partial charge in [-0.2, -0.15) is 13.2 Å². The van der Waals surface area contributed by atoms with E-state index < -0.39 is 17.8 Å². The zero-order valence-electron chi connectivity index (χ0n) is 15.2. The van der Waals surface area contributed by atoms with Gasteiger partial charge in [-0.25, -0.2) is 0 Å². The minimum atomic E-state index is -4.58. The lowest BCUT2D eigenvalue weighted by molar-refractivity contribution is -0.112. The number of benzene rings is 1. The Labute approximate surface area is 160 Å². The molecule has 0 saturated carbocycles. The van der Waals surface area contributed by atoms with Crippen molar-refractivity contribution >= 4 is 17.8 Å². The molecule has 8 heteroatoms. The molecule has 0 aromatic heterocycles. The quantitative estimate of drug-likeness (QED) is 0.811. The molecule has 2 aliphatic heterocycles. The Morgan fingerprint density at radius 2 is 1.89 bits per heavy atom. The fourth-order valence-corrected chi connectivity index (χ4v) is 2.86. The van der Waals surface area contributed by atoms with Crippen molar-refractivity contribution in [3.63, 3.8) is 0 Å². The average Bonchev–Trinajstić information content (AvgIpc) is 2.58. The van der Waals surface area contributed by atoms with Gasteiger partial charge in [0.05, 0.1) is 11.2 Å². The third kappa shape index (κ3) is 4.76. The first-order chi connectivity index (χ1) is 13.3. The highest BCUT2D eigenvalue weighted by atomic mass is 19.4. The van der Waals surface area contributed by atoms with Crippen LogP contribution < -0.4 is 10.6 Å². The first kappa shape index (κ1) is 20.0. The number of allylic oxidation sites excluding steroid dienone is 5. The molecule has 1 fully saturated rings. The summed E-state index contributed by atoms with van der Waals surface area (Å²) < 4.78 is 43.9. The highest BCUT2D eigenvalue weighted by Gasteiger charge is 2.37. The molecule has 2 N–H and O–H groups in total. The molecular weight excluding hydrogens is 371 g/mol. The van der Waals surface area contributed by atoms with E-state index in [0.717, 1.165) is 37.4 Å². The summed E-state index contributed by atoms with van der Waals surface area (Å²) in [5, 5.41) is 5.86. The van der Waals surface area contributed by atoms with E-state index in [-0.39, 0.29) is 11.2 Å². The predicted octanol–water partition coefficient (Wildman–Crippen LogP) is 3.17. The molecule has 0 atom stereocenters. The van der Waals surface area contributed by atoms with E-state index in [1.165, 1.54) is 18.2 Å². The van der Waals surface area contributed by atoms with Crippen molar-refractivity contribution in [3.05, 3.63) is 65.4 Å². The van der Waals surface area contributed by atoms with E-state index in [0.29, 0.717) is 5.69 Å². The van der Waals surface area contributed by atoms with Gasteiger partial charge < -0.3 is 15.4 Å². The average molecular weight is 391 g/mol. The smallest absolute Gasteiger partial charge is 0.375 e. The molecule has 2 aliphatic rings. The van der Waals surface area contributed by atoms with E-state index in [4.69, 9.17) is 4.74 Å². The van der Waals surface area contributed by atoms with Crippen molar-refractivity contribution in [2.45, 2.75) is 18.2 Å². The number of alkyl halides is 3. The van der Waals surface area contributed by atoms with Gasteiger partial charge in [-0.1, -0.05) is 24.3 Å². The maximum atomic E-state index is 12.8. The van der Waals surface area contributed by atoms with Crippen molar-refractivity contribution in [2.24, 2.45) is 4.99 Å². The molecule has 148 valence electrons. The summed E-state index contributed by atoms with van der Waals surface area (Å²) in [7, 11) is 1.69. The van der Waals surface area contributed by atoms with Gasteiger partial charge in [-0.15, -0.1) is 0 Å². The first-order valence-corrected chi connectivity index (χ1v) is 8.67. The molecule has 1 aromatic rings. The minimum Gasteiger partial charge on any atom is -0.375 e. The van der Waals surface area contributed by atoms with Crippen LogP contribution in [0.1, 0.15) is 5.56 Å². The molecule has 0 radical (unpaired) electrons. The minimum absolute atomic E-state index is 0.0223. The first-order valence-electron chi connectivity index (χ1n) is 8.67. The van der Waals surface area contributed by atoms with Crippen LogP contribution in [0.3, 0.4) is 0 Å². The summed E-state index contributed by atoms with van der Waals surface area (Å²) >= 11 is 0. The zero-order valence-corrected chi connectivity index (χ0v) is 15.2. The van der Waals surface area contributed by atoms with Gasteiger partial charge in [-0.3, -0.25) is 9.79 Å². The monoisotopic (exact) mass is 391 g/mol. The Hall–Kier alpha value is -2.71. The third-order valence-electron chi connectivity index (χ3n) is 4.60. The van der Waals surface area contributed by atoms with Crippen LogP contribution in [0.25, 0.3) is 0 Å². The van der Waals surface area contributed by atoms with Crippen LogP contribution in [0.5, 0.6) is 0 Å². The van der Waals surface area contributed by atoms with E-state index >= 15 is 0 Å². The van der Waals surface area contributed by atoms with Crippen LogP contribution in [-0.4, -0.2) is 44.1 Å². The van der Waals surface area contributed by atoms with Crippen molar-refractivity contribution in [1.29, 1.82) is 0 Å². The van der Waals surface area contributed by atoms with Crippen LogP contribution in [0.4, 0.5) is 18.9 Å². The van der Waals surface area contributed by atoms with Gasteiger partial charge in [-0.05, 0) is 29.8 Å². The fraction of sp³-hybridized carbons (Fsp3) is 0.300. The van der Waals surface area contributed by atoms with Crippen molar-refractivity contribution in [2.75, 3.05) is 25.5 Å². The van der Waals surface area contributed by atoms with Gasteiger partial charge in [0.25, 0.3) is 5.91 Å². The standard InChI is InChI=1S/C20H20F3N3O2/c1-28-19(12-24-13-19)10-14-6-8-16(9-7-14)26-18(27)15-4-2-3-5-17(25-11-15)20(21,22)23/h2-9,11,24H,10,12-13H2,1H3,(H,26,27)/b3-2+,4-2?,5-3?,15-4+,15-11?,17-5+,25-11-,25-17?. The Morgan fingerprint density at radius 3 is 2.46 bits per heavy atom. The fourth-order valence-electron chi connectivity index (χ4n) is 2.86. The Morgan fingerprint density at radius 1 is 1.21 bits per heavy atom. The number of hydrogen-bond acceptors (Lipinski definition) is 4. The van der Waals surface area contributed by atoms with E-state index in [2.05, 4.69) is 15.6 Å². The lowest BCUT2D eigenvalue weighted by atomic mass is 9.89. The molecule has 0 spiro atoms. The van der Waals surface area contributed by atoms with E-state index in [9.17, 15) is 18.0 Å². The number of carbonyl (C=O) groups is 1. The molecule has 0 bridgehead atoms. The number of carbonyl (C=O) groups excluding carboxylic acids is 1. The highest BCUT2D eigenvalue weighted by Crippen LogP contribution is 2.27. The molecule has 5 nitrogen and oxygen atoms in total. The largest absolute Gasteiger partial charge is 0.433 e. The number of nitrogens with one attached hydrogen (secondary N) is 2. The lowest BCUT2D eigenvalue weighted by Crippen LogP contribution is -2.61. The van der Waals surface area contributed by atoms with Gasteiger partial charge in [0.2, 0.25) is 0 Å². The number of ether oxygens (including phenoxy) is 1. The van der Waals surface area contributed by atoms with E-state index in [1.807, 2.05) is 12.1 Å². The van der Waals surface area contributed by atoms with Crippen LogP contribution >= 0.6 is 0 Å². The summed E-state index contributed by atoms with van der Waals surface area (Å²) in [6.07, 6.45) is 1.91. The molecule has 28 heavy (non-hydrogen) atoms. The number of nitrogens with zero attached hydrogens (tertiary/aromatic N) is 1. The van der Waals surface area contributed by atoms with Gasteiger partial charge >= 0.3 is 6.18 Å². The Balaban J connectivity index is 1.64. The van der Waals surface area contributed by atoms with Crippen molar-refractivity contribution in [3.8, 4) is 0 Å². The number of aliphatic imine (C=N–C) groups is 1. The Kier molecular flexibility index (Phi) is 5.81. The summed E-state index contributed by atoms with van der Waals surface area (Å²) in [5.41, 5.74) is 0.369. The number of methoxy groups -OCH3 is 1. The van der Waals surface area contributed by atoms with Crippen LogP contribution in [0, 0.1) is 0 Å². The van der Waals surface area contributed by atoms with Crippen molar-refractivity contribution < 1.29 is 22.7 Å². The van der Waals surface area contributed by atoms with Crippen LogP contribution in [-0.2, 0) is 16.0 Å². The second kappa shape index (κ2) is 8.12. The number of halogens is 3. The zero-order chi connectivity index (χ0) is 20.2.